The summed E-state index contributed by atoms with van der Waals surface area (Å²) in [6, 6.07) is 8.57. The molecule has 0 spiro atoms. The lowest BCUT2D eigenvalue weighted by Gasteiger charge is -2.41. The molecule has 0 unspecified atom stereocenters. The minimum Gasteiger partial charge on any atom is -0.353 e. The molecule has 1 aromatic carbocycles. The van der Waals surface area contributed by atoms with E-state index in [1.165, 1.54) is 11.1 Å². The van der Waals surface area contributed by atoms with Gasteiger partial charge in [0.25, 0.3) is 0 Å². The zero-order valence-corrected chi connectivity index (χ0v) is 15.2. The van der Waals surface area contributed by atoms with Crippen LogP contribution in [0.25, 0.3) is 0 Å². The highest BCUT2D eigenvalue weighted by atomic mass is 32.2. The number of carbonyl (C=O) groups is 2. The number of fused-ring (bicyclic) bond motifs is 1. The van der Waals surface area contributed by atoms with Crippen molar-refractivity contribution in [1.29, 1.82) is 0 Å². The zero-order chi connectivity index (χ0) is 17.2. The quantitative estimate of drug-likeness (QED) is 0.876. The molecule has 0 aliphatic carbocycles. The van der Waals surface area contributed by atoms with Crippen LogP contribution in [0.3, 0.4) is 0 Å². The van der Waals surface area contributed by atoms with Gasteiger partial charge in [-0.15, -0.1) is 11.8 Å². The van der Waals surface area contributed by atoms with Crippen molar-refractivity contribution in [3.8, 4) is 0 Å². The molecule has 0 bridgehead atoms. The lowest BCUT2D eigenvalue weighted by molar-refractivity contribution is -0.132. The fourth-order valence-electron chi connectivity index (χ4n) is 3.21. The van der Waals surface area contributed by atoms with E-state index < -0.39 is 0 Å². The van der Waals surface area contributed by atoms with Gasteiger partial charge in [-0.2, -0.15) is 0 Å². The molecule has 1 aromatic rings. The number of rotatable bonds is 5. The summed E-state index contributed by atoms with van der Waals surface area (Å²) in [7, 11) is 0. The van der Waals surface area contributed by atoms with E-state index in [-0.39, 0.29) is 23.9 Å². The van der Waals surface area contributed by atoms with Crippen LogP contribution in [0.2, 0.25) is 0 Å². The summed E-state index contributed by atoms with van der Waals surface area (Å²) in [5.74, 6) is 1.10. The SMILES string of the molecule is CC(C)(CNC(=O)CN1CSCC1=O)N1CCc2ccccc2C1. The smallest absolute Gasteiger partial charge is 0.239 e. The number of amides is 2. The maximum atomic E-state index is 12.1. The second-order valence-corrected chi connectivity index (χ2v) is 8.05. The summed E-state index contributed by atoms with van der Waals surface area (Å²) in [6.45, 7) is 7.01. The predicted octanol–water partition coefficient (Wildman–Crippen LogP) is 1.47. The molecule has 3 rings (SSSR count). The van der Waals surface area contributed by atoms with Gasteiger partial charge in [-0.3, -0.25) is 14.5 Å². The summed E-state index contributed by atoms with van der Waals surface area (Å²) in [5, 5.41) is 3.01. The van der Waals surface area contributed by atoms with Gasteiger partial charge in [0.2, 0.25) is 11.8 Å². The molecule has 0 aromatic heterocycles. The van der Waals surface area contributed by atoms with Crippen molar-refractivity contribution in [1.82, 2.24) is 15.1 Å². The van der Waals surface area contributed by atoms with Gasteiger partial charge in [0, 0.05) is 25.2 Å². The molecule has 2 aliphatic rings. The average molecular weight is 347 g/mol. The predicted molar refractivity (Wildman–Crippen MR) is 96.7 cm³/mol. The minimum absolute atomic E-state index is 0.0575. The Kier molecular flexibility index (Phi) is 5.15. The van der Waals surface area contributed by atoms with E-state index in [1.807, 2.05) is 0 Å². The first-order valence-electron chi connectivity index (χ1n) is 8.40. The first kappa shape index (κ1) is 17.3. The van der Waals surface area contributed by atoms with E-state index in [4.69, 9.17) is 0 Å². The van der Waals surface area contributed by atoms with Gasteiger partial charge in [0.15, 0.2) is 0 Å². The van der Waals surface area contributed by atoms with Gasteiger partial charge in [-0.25, -0.2) is 0 Å². The highest BCUT2D eigenvalue weighted by Gasteiger charge is 2.30. The highest BCUT2D eigenvalue weighted by molar-refractivity contribution is 8.00. The first-order chi connectivity index (χ1) is 11.5. The number of hydrogen-bond acceptors (Lipinski definition) is 4. The fourth-order valence-corrected chi connectivity index (χ4v) is 4.11. The van der Waals surface area contributed by atoms with Gasteiger partial charge in [-0.1, -0.05) is 24.3 Å². The molecule has 0 saturated carbocycles. The summed E-state index contributed by atoms with van der Waals surface area (Å²) < 4.78 is 0. The van der Waals surface area contributed by atoms with Crippen LogP contribution in [0.1, 0.15) is 25.0 Å². The van der Waals surface area contributed by atoms with Gasteiger partial charge < -0.3 is 10.2 Å². The van der Waals surface area contributed by atoms with E-state index in [2.05, 4.69) is 48.3 Å². The van der Waals surface area contributed by atoms with Gasteiger partial charge in [0.1, 0.15) is 6.54 Å². The fraction of sp³-hybridized carbons (Fsp3) is 0.556. The molecule has 0 atom stereocenters. The van der Waals surface area contributed by atoms with E-state index >= 15 is 0 Å². The molecule has 2 heterocycles. The van der Waals surface area contributed by atoms with Crippen molar-refractivity contribution in [2.75, 3.05) is 31.3 Å². The van der Waals surface area contributed by atoms with E-state index in [0.29, 0.717) is 18.2 Å². The Morgan fingerprint density at radius 1 is 1.29 bits per heavy atom. The molecule has 24 heavy (non-hydrogen) atoms. The lowest BCUT2D eigenvalue weighted by Crippen LogP contribution is -2.54. The Morgan fingerprint density at radius 3 is 2.75 bits per heavy atom. The summed E-state index contributed by atoms with van der Waals surface area (Å²) >= 11 is 1.56. The molecule has 1 N–H and O–H groups in total. The van der Waals surface area contributed by atoms with Gasteiger partial charge in [-0.05, 0) is 31.4 Å². The molecule has 2 amide bonds. The molecular formula is C18H25N3O2S. The highest BCUT2D eigenvalue weighted by Crippen LogP contribution is 2.25. The van der Waals surface area contributed by atoms with Crippen molar-refractivity contribution in [3.63, 3.8) is 0 Å². The lowest BCUT2D eigenvalue weighted by atomic mass is 9.94. The summed E-state index contributed by atoms with van der Waals surface area (Å²) in [6.07, 6.45) is 1.05. The second kappa shape index (κ2) is 7.15. The molecule has 5 nitrogen and oxygen atoms in total. The maximum Gasteiger partial charge on any atom is 0.239 e. The van der Waals surface area contributed by atoms with Crippen molar-refractivity contribution >= 4 is 23.6 Å². The normalized spacial score (nSPS) is 18.6. The number of carbonyl (C=O) groups excluding carboxylic acids is 2. The first-order valence-corrected chi connectivity index (χ1v) is 9.55. The monoisotopic (exact) mass is 347 g/mol. The van der Waals surface area contributed by atoms with Crippen LogP contribution in [0.4, 0.5) is 0 Å². The van der Waals surface area contributed by atoms with Gasteiger partial charge >= 0.3 is 0 Å². The molecular weight excluding hydrogens is 322 g/mol. The van der Waals surface area contributed by atoms with Crippen LogP contribution in [0.15, 0.2) is 24.3 Å². The molecule has 0 radical (unpaired) electrons. The third-order valence-electron chi connectivity index (χ3n) is 4.86. The van der Waals surface area contributed by atoms with Crippen LogP contribution >= 0.6 is 11.8 Å². The molecule has 6 heteroatoms. The number of nitrogens with one attached hydrogen (secondary N) is 1. The van der Waals surface area contributed by atoms with E-state index in [9.17, 15) is 9.59 Å². The van der Waals surface area contributed by atoms with E-state index in [1.54, 1.807) is 16.7 Å². The Bertz CT molecular complexity index is 632. The maximum absolute atomic E-state index is 12.1. The zero-order valence-electron chi connectivity index (χ0n) is 14.4. The summed E-state index contributed by atoms with van der Waals surface area (Å²) in [5.41, 5.74) is 2.69. The molecule has 130 valence electrons. The number of hydrogen-bond donors (Lipinski definition) is 1. The Morgan fingerprint density at radius 2 is 2.04 bits per heavy atom. The van der Waals surface area contributed by atoms with E-state index in [0.717, 1.165) is 19.5 Å². The second-order valence-electron chi connectivity index (χ2n) is 7.10. The van der Waals surface area contributed by atoms with Crippen molar-refractivity contribution < 1.29 is 9.59 Å². The Labute approximate surface area is 147 Å². The number of nitrogens with zero attached hydrogens (tertiary/aromatic N) is 2. The third-order valence-corrected chi connectivity index (χ3v) is 5.81. The standard InChI is InChI=1S/C18H25N3O2S/c1-18(2,12-19-16(22)10-20-13-24-11-17(20)23)21-8-7-14-5-3-4-6-15(14)9-21/h3-6H,7-13H2,1-2H3,(H,19,22). The van der Waals surface area contributed by atoms with Crippen LogP contribution < -0.4 is 5.32 Å². The molecule has 2 aliphatic heterocycles. The Balaban J connectivity index is 1.52. The van der Waals surface area contributed by atoms with Crippen LogP contribution in [-0.4, -0.2) is 58.4 Å². The third kappa shape index (κ3) is 3.92. The van der Waals surface area contributed by atoms with Crippen LogP contribution in [0, 0.1) is 0 Å². The number of benzene rings is 1. The Hall–Kier alpha value is -1.53. The number of thioether (sulfide) groups is 1. The molecule has 1 fully saturated rings. The van der Waals surface area contributed by atoms with Crippen molar-refractivity contribution in [2.24, 2.45) is 0 Å². The topological polar surface area (TPSA) is 52.7 Å². The largest absolute Gasteiger partial charge is 0.353 e. The van der Waals surface area contributed by atoms with Crippen LogP contribution in [0.5, 0.6) is 0 Å². The van der Waals surface area contributed by atoms with Gasteiger partial charge in [0.05, 0.1) is 11.6 Å². The summed E-state index contributed by atoms with van der Waals surface area (Å²) in [4.78, 5) is 27.8. The molecule has 1 saturated heterocycles. The van der Waals surface area contributed by atoms with Crippen molar-refractivity contribution in [3.05, 3.63) is 35.4 Å². The minimum atomic E-state index is -0.118. The average Bonchev–Trinajstić information content (AvgIpc) is 2.97. The van der Waals surface area contributed by atoms with Crippen molar-refractivity contribution in [2.45, 2.75) is 32.4 Å². The van der Waals surface area contributed by atoms with Crippen LogP contribution in [-0.2, 0) is 22.6 Å².